The Kier molecular flexibility index (Phi) is 1.68. The number of carbonyl (C=O) groups excluding carboxylic acids is 1. The largest absolute Gasteiger partial charge is 0.481 e. The molecule has 3 rings (SSSR count). The number of aliphatic carboxylic acids is 1. The number of nitrogens with zero attached hydrogens (tertiary/aromatic N) is 1. The molecular weight excluding hydrogens is 194 g/mol. The van der Waals surface area contributed by atoms with Gasteiger partial charge in [0, 0.05) is 19.0 Å². The first-order valence-electron chi connectivity index (χ1n) is 5.64. The first-order valence-corrected chi connectivity index (χ1v) is 5.64. The van der Waals surface area contributed by atoms with Crippen LogP contribution in [0.5, 0.6) is 0 Å². The highest BCUT2D eigenvalue weighted by Crippen LogP contribution is 2.71. The number of carbonyl (C=O) groups is 2. The lowest BCUT2D eigenvalue weighted by Gasteiger charge is -2.15. The average Bonchev–Trinajstić information content (AvgIpc) is 3.07. The zero-order valence-electron chi connectivity index (χ0n) is 8.61. The van der Waals surface area contributed by atoms with Crippen molar-refractivity contribution >= 4 is 11.9 Å². The van der Waals surface area contributed by atoms with Gasteiger partial charge in [-0.3, -0.25) is 9.59 Å². The molecule has 2 aliphatic carbocycles. The van der Waals surface area contributed by atoms with Crippen LogP contribution < -0.4 is 0 Å². The summed E-state index contributed by atoms with van der Waals surface area (Å²) in [4.78, 5) is 24.5. The van der Waals surface area contributed by atoms with E-state index in [0.717, 1.165) is 6.42 Å². The minimum Gasteiger partial charge on any atom is -0.481 e. The molecule has 2 unspecified atom stereocenters. The van der Waals surface area contributed by atoms with E-state index in [0.29, 0.717) is 24.9 Å². The molecule has 82 valence electrons. The number of likely N-dealkylation sites (tertiary alicyclic amines) is 1. The third kappa shape index (κ3) is 1.34. The summed E-state index contributed by atoms with van der Waals surface area (Å²) in [5.41, 5.74) is 0.387. The maximum absolute atomic E-state index is 12.0. The lowest BCUT2D eigenvalue weighted by molar-refractivity contribution is -0.141. The van der Waals surface area contributed by atoms with E-state index in [1.165, 1.54) is 12.8 Å². The third-order valence-corrected chi connectivity index (χ3v) is 4.23. The number of hydrogen-bond acceptors (Lipinski definition) is 2. The lowest BCUT2D eigenvalue weighted by atomic mass is 10.1. The maximum atomic E-state index is 12.0. The summed E-state index contributed by atoms with van der Waals surface area (Å²) in [6.07, 6.45) is 4.10. The Morgan fingerprint density at radius 1 is 1.33 bits per heavy atom. The Balaban J connectivity index is 1.60. The Hall–Kier alpha value is -1.06. The molecule has 0 aromatic carbocycles. The second-order valence-corrected chi connectivity index (χ2v) is 5.23. The molecule has 3 fully saturated rings. The van der Waals surface area contributed by atoms with Crippen LogP contribution >= 0.6 is 0 Å². The standard InChI is InChI=1S/C11H15NO3/c13-9(8-5-11(8)2-3-11)12-4-1-7(6-12)10(14)15/h7-8H,1-6H2,(H,14,15). The fraction of sp³-hybridized carbons (Fsp3) is 0.818. The monoisotopic (exact) mass is 209 g/mol. The second kappa shape index (κ2) is 2.74. The molecule has 1 spiro atoms. The number of carboxylic acids is 1. The smallest absolute Gasteiger partial charge is 0.308 e. The van der Waals surface area contributed by atoms with Crippen molar-refractivity contribution in [1.29, 1.82) is 0 Å². The Labute approximate surface area is 88.2 Å². The van der Waals surface area contributed by atoms with Crippen LogP contribution in [-0.2, 0) is 9.59 Å². The van der Waals surface area contributed by atoms with Gasteiger partial charge < -0.3 is 10.0 Å². The molecule has 4 nitrogen and oxygen atoms in total. The van der Waals surface area contributed by atoms with E-state index in [-0.39, 0.29) is 17.7 Å². The lowest BCUT2D eigenvalue weighted by Crippen LogP contribution is -2.31. The minimum atomic E-state index is -0.762. The third-order valence-electron chi connectivity index (χ3n) is 4.23. The van der Waals surface area contributed by atoms with Crippen molar-refractivity contribution in [3.63, 3.8) is 0 Å². The van der Waals surface area contributed by atoms with Crippen LogP contribution in [0, 0.1) is 17.3 Å². The number of amides is 1. The van der Waals surface area contributed by atoms with Crippen molar-refractivity contribution in [3.05, 3.63) is 0 Å². The summed E-state index contributed by atoms with van der Waals surface area (Å²) in [6, 6.07) is 0. The average molecular weight is 209 g/mol. The van der Waals surface area contributed by atoms with Gasteiger partial charge in [-0.25, -0.2) is 0 Å². The molecule has 3 aliphatic rings. The number of rotatable bonds is 2. The highest BCUT2D eigenvalue weighted by atomic mass is 16.4. The van der Waals surface area contributed by atoms with Gasteiger partial charge >= 0.3 is 5.97 Å². The molecule has 1 N–H and O–H groups in total. The molecular formula is C11H15NO3. The van der Waals surface area contributed by atoms with Gasteiger partial charge in [-0.2, -0.15) is 0 Å². The van der Waals surface area contributed by atoms with Gasteiger partial charge in [-0.15, -0.1) is 0 Å². The number of hydrogen-bond donors (Lipinski definition) is 1. The summed E-state index contributed by atoms with van der Waals surface area (Å²) in [7, 11) is 0. The Bertz CT molecular complexity index is 335. The number of carboxylic acid groups (broad SMARTS) is 1. The van der Waals surface area contributed by atoms with Gasteiger partial charge in [0.15, 0.2) is 0 Å². The van der Waals surface area contributed by atoms with Crippen molar-refractivity contribution < 1.29 is 14.7 Å². The summed E-state index contributed by atoms with van der Waals surface area (Å²) >= 11 is 0. The minimum absolute atomic E-state index is 0.219. The molecule has 0 radical (unpaired) electrons. The molecule has 0 bridgehead atoms. The van der Waals surface area contributed by atoms with Crippen LogP contribution in [0.1, 0.15) is 25.7 Å². The van der Waals surface area contributed by atoms with E-state index in [2.05, 4.69) is 0 Å². The van der Waals surface area contributed by atoms with Gasteiger partial charge in [0.1, 0.15) is 0 Å². The predicted molar refractivity (Wildman–Crippen MR) is 52.1 cm³/mol. The highest BCUT2D eigenvalue weighted by Gasteiger charge is 2.66. The molecule has 1 amide bonds. The van der Waals surface area contributed by atoms with Crippen molar-refractivity contribution in [2.45, 2.75) is 25.7 Å². The van der Waals surface area contributed by atoms with Crippen LogP contribution in [0.4, 0.5) is 0 Å². The van der Waals surface area contributed by atoms with Crippen LogP contribution in [0.15, 0.2) is 0 Å². The van der Waals surface area contributed by atoms with Crippen molar-refractivity contribution in [1.82, 2.24) is 4.90 Å². The quantitative estimate of drug-likeness (QED) is 0.729. The van der Waals surface area contributed by atoms with E-state index in [1.54, 1.807) is 4.90 Å². The molecule has 2 saturated carbocycles. The van der Waals surface area contributed by atoms with E-state index in [9.17, 15) is 9.59 Å². The first kappa shape index (κ1) is 9.19. The Morgan fingerprint density at radius 3 is 2.53 bits per heavy atom. The molecule has 4 heteroatoms. The van der Waals surface area contributed by atoms with Gasteiger partial charge in [-0.1, -0.05) is 0 Å². The maximum Gasteiger partial charge on any atom is 0.308 e. The topological polar surface area (TPSA) is 57.6 Å². The SMILES string of the molecule is O=C(O)C1CCN(C(=O)C2CC23CC3)C1. The normalized spacial score (nSPS) is 35.6. The molecule has 1 heterocycles. The molecule has 15 heavy (non-hydrogen) atoms. The van der Waals surface area contributed by atoms with Gasteiger partial charge in [0.05, 0.1) is 5.92 Å². The summed E-state index contributed by atoms with van der Waals surface area (Å²) in [5, 5.41) is 8.84. The van der Waals surface area contributed by atoms with E-state index in [4.69, 9.17) is 5.11 Å². The zero-order chi connectivity index (χ0) is 10.6. The molecule has 0 aromatic heterocycles. The van der Waals surface area contributed by atoms with Crippen LogP contribution in [0.25, 0.3) is 0 Å². The van der Waals surface area contributed by atoms with Gasteiger partial charge in [-0.05, 0) is 31.1 Å². The molecule has 2 atom stereocenters. The highest BCUT2D eigenvalue weighted by molar-refractivity contribution is 5.84. The van der Waals surface area contributed by atoms with E-state index >= 15 is 0 Å². The Morgan fingerprint density at radius 2 is 2.07 bits per heavy atom. The molecule has 1 aliphatic heterocycles. The van der Waals surface area contributed by atoms with Crippen molar-refractivity contribution in [2.24, 2.45) is 17.3 Å². The zero-order valence-corrected chi connectivity index (χ0v) is 8.61. The predicted octanol–water partition coefficient (Wildman–Crippen LogP) is 0.720. The van der Waals surface area contributed by atoms with Crippen LogP contribution in [-0.4, -0.2) is 35.0 Å². The summed E-state index contributed by atoms with van der Waals surface area (Å²) in [6.45, 7) is 1.07. The van der Waals surface area contributed by atoms with Crippen molar-refractivity contribution in [2.75, 3.05) is 13.1 Å². The van der Waals surface area contributed by atoms with Gasteiger partial charge in [0.25, 0.3) is 0 Å². The van der Waals surface area contributed by atoms with E-state index < -0.39 is 5.97 Å². The fourth-order valence-electron chi connectivity index (χ4n) is 2.79. The molecule has 1 saturated heterocycles. The van der Waals surface area contributed by atoms with E-state index in [1.807, 2.05) is 0 Å². The second-order valence-electron chi connectivity index (χ2n) is 5.23. The van der Waals surface area contributed by atoms with Crippen LogP contribution in [0.3, 0.4) is 0 Å². The fourth-order valence-corrected chi connectivity index (χ4v) is 2.79. The van der Waals surface area contributed by atoms with Crippen molar-refractivity contribution in [3.8, 4) is 0 Å². The summed E-state index contributed by atoms with van der Waals surface area (Å²) in [5.74, 6) is -0.633. The molecule has 0 aromatic rings. The first-order chi connectivity index (χ1) is 7.12. The van der Waals surface area contributed by atoms with Crippen LogP contribution in [0.2, 0.25) is 0 Å². The summed E-state index contributed by atoms with van der Waals surface area (Å²) < 4.78 is 0. The van der Waals surface area contributed by atoms with Gasteiger partial charge in [0.2, 0.25) is 5.91 Å².